The normalized spacial score (nSPS) is 10.8. The molecule has 0 saturated carbocycles. The average Bonchev–Trinajstić information content (AvgIpc) is 2.82. The second kappa shape index (κ2) is 7.13. The second-order valence-electron chi connectivity index (χ2n) is 4.51. The molecule has 0 unspecified atom stereocenters. The van der Waals surface area contributed by atoms with Gasteiger partial charge in [0, 0.05) is 12.5 Å². The van der Waals surface area contributed by atoms with Gasteiger partial charge in [0.2, 0.25) is 0 Å². The standard InChI is InChI=1S/C14H16BIO4/c1-15-3-4-19-14(17)10-5-9-6-11(8-18-2)20-13(9)12(16)7-10/h5-7,15H,3-4,8H2,1-2H3. The van der Waals surface area contributed by atoms with Crippen LogP contribution in [0.4, 0.5) is 0 Å². The highest BCUT2D eigenvalue weighted by atomic mass is 127. The van der Waals surface area contributed by atoms with Crippen LogP contribution in [0.1, 0.15) is 16.1 Å². The Bertz CT molecular complexity index is 608. The maximum Gasteiger partial charge on any atom is 0.338 e. The lowest BCUT2D eigenvalue weighted by atomic mass is 9.79. The number of rotatable bonds is 6. The number of hydrogen-bond acceptors (Lipinski definition) is 4. The van der Waals surface area contributed by atoms with Crippen molar-refractivity contribution in [3.8, 4) is 0 Å². The van der Waals surface area contributed by atoms with Gasteiger partial charge in [-0.15, -0.1) is 0 Å². The van der Waals surface area contributed by atoms with Gasteiger partial charge in [-0.1, -0.05) is 6.82 Å². The van der Waals surface area contributed by atoms with E-state index in [1.807, 2.05) is 6.07 Å². The summed E-state index contributed by atoms with van der Waals surface area (Å²) in [5, 5.41) is 0.895. The molecule has 0 amide bonds. The van der Waals surface area contributed by atoms with E-state index >= 15 is 0 Å². The number of carbonyl (C=O) groups excluding carboxylic acids is 1. The van der Waals surface area contributed by atoms with Crippen LogP contribution in [-0.4, -0.2) is 27.0 Å². The maximum atomic E-state index is 12.0. The Labute approximate surface area is 132 Å². The number of methoxy groups -OCH3 is 1. The molecule has 0 aliphatic rings. The van der Waals surface area contributed by atoms with Gasteiger partial charge < -0.3 is 13.9 Å². The van der Waals surface area contributed by atoms with Crippen LogP contribution < -0.4 is 0 Å². The Hall–Kier alpha value is -1.02. The summed E-state index contributed by atoms with van der Waals surface area (Å²) in [6, 6.07) is 5.48. The Balaban J connectivity index is 2.24. The molecule has 1 aromatic heterocycles. The van der Waals surface area contributed by atoms with E-state index < -0.39 is 0 Å². The van der Waals surface area contributed by atoms with Gasteiger partial charge in [0.05, 0.1) is 15.7 Å². The SMILES string of the molecule is CBCCOC(=O)c1cc(I)c2oc(COC)cc2c1. The summed E-state index contributed by atoms with van der Waals surface area (Å²) in [4.78, 5) is 12.0. The van der Waals surface area contributed by atoms with Crippen molar-refractivity contribution in [2.24, 2.45) is 0 Å². The predicted molar refractivity (Wildman–Crippen MR) is 87.7 cm³/mol. The predicted octanol–water partition coefficient (Wildman–Crippen LogP) is 3.24. The van der Waals surface area contributed by atoms with Crippen molar-refractivity contribution in [2.75, 3.05) is 13.7 Å². The van der Waals surface area contributed by atoms with Crippen LogP contribution in [0, 0.1) is 3.57 Å². The van der Waals surface area contributed by atoms with Crippen molar-refractivity contribution in [3.63, 3.8) is 0 Å². The van der Waals surface area contributed by atoms with Gasteiger partial charge in [-0.2, -0.15) is 0 Å². The largest absolute Gasteiger partial charge is 0.463 e. The first-order chi connectivity index (χ1) is 9.65. The Morgan fingerprint density at radius 2 is 2.20 bits per heavy atom. The van der Waals surface area contributed by atoms with Crippen LogP contribution in [0.5, 0.6) is 0 Å². The number of ether oxygens (including phenoxy) is 2. The minimum absolute atomic E-state index is 0.284. The van der Waals surface area contributed by atoms with Crippen molar-refractivity contribution in [3.05, 3.63) is 33.1 Å². The zero-order valence-electron chi connectivity index (χ0n) is 11.6. The third-order valence-electron chi connectivity index (χ3n) is 2.88. The van der Waals surface area contributed by atoms with Gasteiger partial charge in [0.25, 0.3) is 0 Å². The molecule has 6 heteroatoms. The van der Waals surface area contributed by atoms with E-state index in [2.05, 4.69) is 29.4 Å². The highest BCUT2D eigenvalue weighted by Gasteiger charge is 2.14. The number of halogens is 1. The number of fused-ring (bicyclic) bond motifs is 1. The van der Waals surface area contributed by atoms with Gasteiger partial charge in [-0.05, 0) is 47.1 Å². The van der Waals surface area contributed by atoms with Crippen LogP contribution in [0.25, 0.3) is 11.0 Å². The molecule has 0 fully saturated rings. The van der Waals surface area contributed by atoms with Gasteiger partial charge in [-0.25, -0.2) is 4.79 Å². The van der Waals surface area contributed by atoms with Crippen LogP contribution in [0.15, 0.2) is 22.6 Å². The van der Waals surface area contributed by atoms with Gasteiger partial charge in [0.1, 0.15) is 25.2 Å². The summed E-state index contributed by atoms with van der Waals surface area (Å²) >= 11 is 2.16. The molecule has 1 aromatic carbocycles. The molecule has 106 valence electrons. The van der Waals surface area contributed by atoms with Crippen molar-refractivity contribution in [1.82, 2.24) is 0 Å². The van der Waals surface area contributed by atoms with Crippen molar-refractivity contribution in [2.45, 2.75) is 19.8 Å². The number of benzene rings is 1. The van der Waals surface area contributed by atoms with E-state index in [0.717, 1.165) is 33.9 Å². The lowest BCUT2D eigenvalue weighted by Crippen LogP contribution is -2.07. The van der Waals surface area contributed by atoms with Crippen LogP contribution in [-0.2, 0) is 16.1 Å². The van der Waals surface area contributed by atoms with E-state index in [1.54, 1.807) is 19.2 Å². The zero-order valence-corrected chi connectivity index (χ0v) is 13.7. The summed E-state index contributed by atoms with van der Waals surface area (Å²) in [5.41, 5.74) is 1.34. The average molecular weight is 386 g/mol. The molecule has 2 aromatic rings. The first-order valence-corrected chi connectivity index (χ1v) is 7.61. The van der Waals surface area contributed by atoms with E-state index in [9.17, 15) is 4.79 Å². The summed E-state index contributed by atoms with van der Waals surface area (Å²) in [6.45, 7) is 2.94. The van der Waals surface area contributed by atoms with E-state index in [0.29, 0.717) is 18.8 Å². The molecule has 0 aliphatic carbocycles. The molecule has 2 rings (SSSR count). The maximum absolute atomic E-state index is 12.0. The smallest absolute Gasteiger partial charge is 0.338 e. The van der Waals surface area contributed by atoms with Crippen LogP contribution >= 0.6 is 22.6 Å². The Kier molecular flexibility index (Phi) is 5.48. The van der Waals surface area contributed by atoms with Crippen molar-refractivity contribution >= 4 is 46.8 Å². The third-order valence-corrected chi connectivity index (χ3v) is 3.68. The summed E-state index contributed by atoms with van der Waals surface area (Å²) in [6.07, 6.45) is 0.884. The molecular weight excluding hydrogens is 370 g/mol. The minimum Gasteiger partial charge on any atom is -0.463 e. The molecule has 0 aliphatic heterocycles. The number of hydrogen-bond donors (Lipinski definition) is 0. The van der Waals surface area contributed by atoms with Gasteiger partial charge in [-0.3, -0.25) is 0 Å². The monoisotopic (exact) mass is 386 g/mol. The van der Waals surface area contributed by atoms with Gasteiger partial charge in [0.15, 0.2) is 0 Å². The molecule has 0 bridgehead atoms. The molecule has 0 spiro atoms. The first kappa shape index (κ1) is 15.4. The topological polar surface area (TPSA) is 48.7 Å². The summed E-state index contributed by atoms with van der Waals surface area (Å²) in [5.74, 6) is 0.463. The van der Waals surface area contributed by atoms with Gasteiger partial charge >= 0.3 is 5.97 Å². The summed E-state index contributed by atoms with van der Waals surface area (Å²) < 4.78 is 16.9. The van der Waals surface area contributed by atoms with Crippen molar-refractivity contribution < 1.29 is 18.7 Å². The molecule has 0 atom stereocenters. The van der Waals surface area contributed by atoms with E-state index in [4.69, 9.17) is 13.9 Å². The van der Waals surface area contributed by atoms with Crippen LogP contribution in [0.3, 0.4) is 0 Å². The Morgan fingerprint density at radius 1 is 1.40 bits per heavy atom. The second-order valence-corrected chi connectivity index (χ2v) is 5.67. The molecule has 4 nitrogen and oxygen atoms in total. The summed E-state index contributed by atoms with van der Waals surface area (Å²) in [7, 11) is 2.63. The highest BCUT2D eigenvalue weighted by Crippen LogP contribution is 2.27. The lowest BCUT2D eigenvalue weighted by molar-refractivity contribution is 0.0526. The Morgan fingerprint density at radius 3 is 2.90 bits per heavy atom. The number of esters is 1. The molecule has 0 radical (unpaired) electrons. The highest BCUT2D eigenvalue weighted by molar-refractivity contribution is 14.1. The lowest BCUT2D eigenvalue weighted by Gasteiger charge is -2.04. The minimum atomic E-state index is -0.284. The number of furan rings is 1. The first-order valence-electron chi connectivity index (χ1n) is 6.53. The molecular formula is C14H16BIO4. The molecule has 0 N–H and O–H groups in total. The fourth-order valence-electron chi connectivity index (χ4n) is 1.89. The van der Waals surface area contributed by atoms with E-state index in [1.165, 1.54) is 0 Å². The fraction of sp³-hybridized carbons (Fsp3) is 0.357. The van der Waals surface area contributed by atoms with Crippen LogP contribution in [0.2, 0.25) is 13.1 Å². The zero-order chi connectivity index (χ0) is 14.5. The van der Waals surface area contributed by atoms with Crippen molar-refractivity contribution in [1.29, 1.82) is 0 Å². The quantitative estimate of drug-likeness (QED) is 0.331. The molecule has 1 heterocycles. The third kappa shape index (κ3) is 3.55. The number of carbonyl (C=O) groups is 1. The molecule has 20 heavy (non-hydrogen) atoms. The fourth-order valence-corrected chi connectivity index (χ4v) is 2.64. The molecule has 0 saturated heterocycles. The van der Waals surface area contributed by atoms with E-state index in [-0.39, 0.29) is 5.97 Å².